The van der Waals surface area contributed by atoms with Crippen LogP contribution in [0.3, 0.4) is 0 Å². The van der Waals surface area contributed by atoms with Crippen molar-refractivity contribution in [2.24, 2.45) is 5.10 Å². The van der Waals surface area contributed by atoms with Crippen molar-refractivity contribution >= 4 is 19.7 Å². The standard InChI is InChI=1S/C16H24N2OSi/c1-20(2,3)18(13-14-8-5-4-6-9-14)17-15-10-7-11-16(19)12-15/h4-6,8-9H,7,10-13H2,1-3H3. The molecule has 1 aromatic carbocycles. The molecule has 1 saturated carbocycles. The third kappa shape index (κ3) is 4.30. The average Bonchev–Trinajstić information content (AvgIpc) is 2.38. The lowest BCUT2D eigenvalue weighted by molar-refractivity contribution is -0.118. The molecule has 0 N–H and O–H groups in total. The van der Waals surface area contributed by atoms with Gasteiger partial charge < -0.3 is 4.67 Å². The zero-order chi connectivity index (χ0) is 14.6. The lowest BCUT2D eigenvalue weighted by atomic mass is 9.97. The van der Waals surface area contributed by atoms with Crippen molar-refractivity contribution in [3.8, 4) is 0 Å². The molecular formula is C16H24N2OSi. The number of nitrogens with zero attached hydrogens (tertiary/aromatic N) is 2. The van der Waals surface area contributed by atoms with Gasteiger partial charge in [-0.2, -0.15) is 5.10 Å². The summed E-state index contributed by atoms with van der Waals surface area (Å²) in [6.45, 7) is 7.73. The molecule has 108 valence electrons. The van der Waals surface area contributed by atoms with E-state index in [-0.39, 0.29) is 0 Å². The number of Topliss-reactive ketones (excluding diaryl/α,β-unsaturated/α-hetero) is 1. The van der Waals surface area contributed by atoms with Gasteiger partial charge in [-0.25, -0.2) is 0 Å². The van der Waals surface area contributed by atoms with E-state index in [0.717, 1.165) is 31.5 Å². The predicted octanol–water partition coefficient (Wildman–Crippen LogP) is 3.82. The second-order valence-electron chi connectivity index (χ2n) is 6.45. The monoisotopic (exact) mass is 288 g/mol. The Hall–Kier alpha value is -1.42. The van der Waals surface area contributed by atoms with Gasteiger partial charge in [0.2, 0.25) is 0 Å². The minimum absolute atomic E-state index is 0.338. The molecule has 0 spiro atoms. The Morgan fingerprint density at radius 2 is 1.85 bits per heavy atom. The van der Waals surface area contributed by atoms with Crippen LogP contribution in [0.25, 0.3) is 0 Å². The highest BCUT2D eigenvalue weighted by Crippen LogP contribution is 2.19. The summed E-state index contributed by atoms with van der Waals surface area (Å²) in [4.78, 5) is 11.6. The first kappa shape index (κ1) is 15.0. The van der Waals surface area contributed by atoms with Crippen LogP contribution in [0.5, 0.6) is 0 Å². The number of rotatable bonds is 4. The molecule has 0 amide bonds. The van der Waals surface area contributed by atoms with Crippen molar-refractivity contribution in [2.75, 3.05) is 0 Å². The number of hydrazone groups is 1. The summed E-state index contributed by atoms with van der Waals surface area (Å²) < 4.78 is 2.25. The van der Waals surface area contributed by atoms with Crippen LogP contribution in [0, 0.1) is 0 Å². The summed E-state index contributed by atoms with van der Waals surface area (Å²) in [7, 11) is -1.54. The third-order valence-corrected chi connectivity index (χ3v) is 5.34. The van der Waals surface area contributed by atoms with Crippen LogP contribution >= 0.6 is 0 Å². The second-order valence-corrected chi connectivity index (χ2v) is 11.3. The summed E-state index contributed by atoms with van der Waals surface area (Å²) in [5.74, 6) is 0.338. The molecule has 0 aromatic heterocycles. The van der Waals surface area contributed by atoms with E-state index in [1.54, 1.807) is 0 Å². The third-order valence-electron chi connectivity index (χ3n) is 3.53. The minimum Gasteiger partial charge on any atom is -0.320 e. The number of hydrogen-bond donors (Lipinski definition) is 0. The van der Waals surface area contributed by atoms with E-state index in [2.05, 4.69) is 48.6 Å². The normalized spacial score (nSPS) is 18.4. The number of benzene rings is 1. The Labute approximate surface area is 122 Å². The molecule has 20 heavy (non-hydrogen) atoms. The molecule has 4 heteroatoms. The molecule has 1 fully saturated rings. The summed E-state index contributed by atoms with van der Waals surface area (Å²) in [6.07, 6.45) is 3.21. The molecule has 0 aliphatic heterocycles. The van der Waals surface area contributed by atoms with Crippen molar-refractivity contribution in [3.63, 3.8) is 0 Å². The van der Waals surface area contributed by atoms with E-state index in [1.165, 1.54) is 5.56 Å². The van der Waals surface area contributed by atoms with Crippen LogP contribution in [0.4, 0.5) is 0 Å². The molecule has 1 aliphatic carbocycles. The number of carbonyl (C=O) groups is 1. The Morgan fingerprint density at radius 3 is 2.45 bits per heavy atom. The molecule has 3 nitrogen and oxygen atoms in total. The van der Waals surface area contributed by atoms with Crippen LogP contribution in [0.15, 0.2) is 35.4 Å². The molecule has 2 rings (SSSR count). The van der Waals surface area contributed by atoms with E-state index in [4.69, 9.17) is 5.10 Å². The molecule has 0 radical (unpaired) electrons. The molecular weight excluding hydrogens is 264 g/mol. The van der Waals surface area contributed by atoms with Crippen molar-refractivity contribution in [1.82, 2.24) is 4.67 Å². The molecule has 0 bridgehead atoms. The van der Waals surface area contributed by atoms with E-state index in [0.29, 0.717) is 12.2 Å². The highest BCUT2D eigenvalue weighted by molar-refractivity contribution is 6.73. The van der Waals surface area contributed by atoms with Gasteiger partial charge in [0.1, 0.15) is 5.78 Å². The van der Waals surface area contributed by atoms with Crippen LogP contribution in [-0.4, -0.2) is 24.4 Å². The Balaban J connectivity index is 2.16. The Morgan fingerprint density at radius 1 is 1.15 bits per heavy atom. The van der Waals surface area contributed by atoms with Gasteiger partial charge in [0.25, 0.3) is 0 Å². The molecule has 0 atom stereocenters. The Bertz CT molecular complexity index is 491. The maximum absolute atomic E-state index is 11.6. The summed E-state index contributed by atoms with van der Waals surface area (Å²) in [5.41, 5.74) is 2.35. The molecule has 1 aromatic rings. The highest BCUT2D eigenvalue weighted by Gasteiger charge is 2.24. The van der Waals surface area contributed by atoms with Gasteiger partial charge in [0.05, 0.1) is 6.54 Å². The largest absolute Gasteiger partial charge is 0.320 e. The average molecular weight is 288 g/mol. The number of ketones is 1. The smallest absolute Gasteiger partial charge is 0.169 e. The maximum atomic E-state index is 11.6. The van der Waals surface area contributed by atoms with Crippen LogP contribution in [-0.2, 0) is 11.3 Å². The fourth-order valence-electron chi connectivity index (χ4n) is 2.33. The lowest BCUT2D eigenvalue weighted by Gasteiger charge is -2.33. The maximum Gasteiger partial charge on any atom is 0.169 e. The fourth-order valence-corrected chi connectivity index (χ4v) is 3.43. The number of hydrogen-bond acceptors (Lipinski definition) is 3. The lowest BCUT2D eigenvalue weighted by Crippen LogP contribution is -2.42. The minimum atomic E-state index is -1.54. The van der Waals surface area contributed by atoms with Crippen LogP contribution in [0.1, 0.15) is 31.2 Å². The molecule has 0 unspecified atom stereocenters. The van der Waals surface area contributed by atoms with Gasteiger partial charge in [0.15, 0.2) is 8.24 Å². The molecule has 0 heterocycles. The second kappa shape index (κ2) is 6.35. The van der Waals surface area contributed by atoms with E-state index < -0.39 is 8.24 Å². The van der Waals surface area contributed by atoms with Gasteiger partial charge in [-0.15, -0.1) is 0 Å². The summed E-state index contributed by atoms with van der Waals surface area (Å²) >= 11 is 0. The molecule has 0 saturated heterocycles. The zero-order valence-corrected chi connectivity index (χ0v) is 13.7. The zero-order valence-electron chi connectivity index (χ0n) is 12.7. The van der Waals surface area contributed by atoms with Gasteiger partial charge in [-0.3, -0.25) is 4.79 Å². The van der Waals surface area contributed by atoms with E-state index in [1.807, 2.05) is 6.07 Å². The topological polar surface area (TPSA) is 32.7 Å². The van der Waals surface area contributed by atoms with E-state index >= 15 is 0 Å². The SMILES string of the molecule is C[Si](C)(C)N(Cc1ccccc1)N=C1CCCC(=O)C1. The predicted molar refractivity (Wildman–Crippen MR) is 86.2 cm³/mol. The quantitative estimate of drug-likeness (QED) is 0.623. The van der Waals surface area contributed by atoms with Crippen molar-refractivity contribution < 1.29 is 4.79 Å². The van der Waals surface area contributed by atoms with Crippen molar-refractivity contribution in [1.29, 1.82) is 0 Å². The molecule has 1 aliphatic rings. The summed E-state index contributed by atoms with van der Waals surface area (Å²) in [6, 6.07) is 10.4. The van der Waals surface area contributed by atoms with Gasteiger partial charge >= 0.3 is 0 Å². The number of carbonyl (C=O) groups excluding carboxylic acids is 1. The van der Waals surface area contributed by atoms with Crippen molar-refractivity contribution in [3.05, 3.63) is 35.9 Å². The van der Waals surface area contributed by atoms with Gasteiger partial charge in [-0.05, 0) is 18.4 Å². The van der Waals surface area contributed by atoms with E-state index in [9.17, 15) is 4.79 Å². The first-order valence-electron chi connectivity index (χ1n) is 7.35. The van der Waals surface area contributed by atoms with Crippen LogP contribution in [0.2, 0.25) is 19.6 Å². The van der Waals surface area contributed by atoms with Gasteiger partial charge in [0, 0.05) is 18.6 Å². The van der Waals surface area contributed by atoms with Gasteiger partial charge in [-0.1, -0.05) is 50.0 Å². The summed E-state index contributed by atoms with van der Waals surface area (Å²) in [5, 5.41) is 4.84. The highest BCUT2D eigenvalue weighted by atomic mass is 28.3. The first-order valence-corrected chi connectivity index (χ1v) is 10.8. The van der Waals surface area contributed by atoms with Crippen molar-refractivity contribution in [2.45, 2.75) is 51.9 Å². The van der Waals surface area contributed by atoms with Crippen LogP contribution < -0.4 is 0 Å². The Kier molecular flexibility index (Phi) is 4.76. The fraction of sp³-hybridized carbons (Fsp3) is 0.500. The first-order chi connectivity index (χ1) is 9.45.